The van der Waals surface area contributed by atoms with Crippen molar-refractivity contribution in [3.63, 3.8) is 0 Å². The summed E-state index contributed by atoms with van der Waals surface area (Å²) in [5.41, 5.74) is 1.84. The Morgan fingerprint density at radius 1 is 1.06 bits per heavy atom. The monoisotopic (exact) mass is 423 g/mol. The minimum absolute atomic E-state index is 0.101. The highest BCUT2D eigenvalue weighted by atomic mass is 16.7. The van der Waals surface area contributed by atoms with Crippen LogP contribution in [-0.2, 0) is 11.3 Å². The van der Waals surface area contributed by atoms with Crippen molar-refractivity contribution in [3.8, 4) is 11.5 Å². The molecular weight excluding hydrogens is 394 g/mol. The molecule has 0 saturated carbocycles. The average molecular weight is 424 g/mol. The molecule has 31 heavy (non-hydrogen) atoms. The van der Waals surface area contributed by atoms with Gasteiger partial charge in [0.25, 0.3) is 0 Å². The molecule has 1 fully saturated rings. The first-order valence-electron chi connectivity index (χ1n) is 10.8. The van der Waals surface area contributed by atoms with Crippen LogP contribution in [0.4, 0.5) is 10.5 Å². The number of rotatable bonds is 6. The molecule has 0 unspecified atom stereocenters. The summed E-state index contributed by atoms with van der Waals surface area (Å²) in [6, 6.07) is 15.3. The molecule has 164 valence electrons. The molecule has 2 aromatic carbocycles. The molecule has 2 aliphatic heterocycles. The lowest BCUT2D eigenvalue weighted by Crippen LogP contribution is -2.41. The van der Waals surface area contributed by atoms with Crippen LogP contribution in [0.15, 0.2) is 48.5 Å². The van der Waals surface area contributed by atoms with Gasteiger partial charge in [-0.1, -0.05) is 30.3 Å². The molecule has 4 rings (SSSR count). The number of fused-ring (bicyclic) bond motifs is 1. The fourth-order valence-corrected chi connectivity index (χ4v) is 4.07. The Morgan fingerprint density at radius 2 is 1.81 bits per heavy atom. The number of hydrogen-bond donors (Lipinski definition) is 1. The highest BCUT2D eigenvalue weighted by molar-refractivity contribution is 5.89. The molecule has 0 aliphatic carbocycles. The molecule has 7 heteroatoms. The topological polar surface area (TPSA) is 71.1 Å². The highest BCUT2D eigenvalue weighted by Crippen LogP contribution is 2.34. The van der Waals surface area contributed by atoms with Gasteiger partial charge in [-0.3, -0.25) is 4.79 Å². The van der Waals surface area contributed by atoms with Crippen molar-refractivity contribution in [2.24, 2.45) is 5.92 Å². The highest BCUT2D eigenvalue weighted by Gasteiger charge is 2.24. The molecule has 1 N–H and O–H groups in total. The summed E-state index contributed by atoms with van der Waals surface area (Å²) < 4.78 is 10.7. The van der Waals surface area contributed by atoms with Crippen LogP contribution in [0.5, 0.6) is 11.5 Å². The maximum atomic E-state index is 12.6. The Labute approximate surface area is 182 Å². The Morgan fingerprint density at radius 3 is 2.58 bits per heavy atom. The second kappa shape index (κ2) is 9.73. The van der Waals surface area contributed by atoms with Gasteiger partial charge < -0.3 is 24.6 Å². The molecule has 0 spiro atoms. The number of carbonyl (C=O) groups excluding carboxylic acids is 2. The second-order valence-corrected chi connectivity index (χ2v) is 8.20. The van der Waals surface area contributed by atoms with Gasteiger partial charge in [0, 0.05) is 44.9 Å². The van der Waals surface area contributed by atoms with Gasteiger partial charge in [-0.25, -0.2) is 4.79 Å². The van der Waals surface area contributed by atoms with Crippen LogP contribution in [0.2, 0.25) is 0 Å². The molecule has 0 bridgehead atoms. The molecule has 2 aromatic rings. The summed E-state index contributed by atoms with van der Waals surface area (Å²) in [5, 5.41) is 2.94. The quantitative estimate of drug-likeness (QED) is 0.759. The summed E-state index contributed by atoms with van der Waals surface area (Å²) in [6.45, 7) is 2.26. The van der Waals surface area contributed by atoms with Gasteiger partial charge in [-0.05, 0) is 42.9 Å². The lowest BCUT2D eigenvalue weighted by atomic mass is 9.92. The van der Waals surface area contributed by atoms with Gasteiger partial charge >= 0.3 is 6.03 Å². The number of nitrogens with zero attached hydrogens (tertiary/aromatic N) is 2. The minimum Gasteiger partial charge on any atom is -0.454 e. The number of ether oxygens (including phenoxy) is 2. The fraction of sp³-hybridized carbons (Fsp3) is 0.417. The number of carbonyl (C=O) groups is 2. The molecular formula is C24H29N3O4. The van der Waals surface area contributed by atoms with E-state index in [0.717, 1.165) is 24.8 Å². The van der Waals surface area contributed by atoms with Gasteiger partial charge in [0.2, 0.25) is 12.7 Å². The van der Waals surface area contributed by atoms with E-state index in [1.807, 2.05) is 48.3 Å². The minimum atomic E-state index is -0.101. The summed E-state index contributed by atoms with van der Waals surface area (Å²) in [7, 11) is 1.86. The zero-order valence-corrected chi connectivity index (χ0v) is 17.9. The summed E-state index contributed by atoms with van der Waals surface area (Å²) in [5.74, 6) is 2.00. The van der Waals surface area contributed by atoms with Crippen LogP contribution in [0.3, 0.4) is 0 Å². The van der Waals surface area contributed by atoms with Crippen molar-refractivity contribution in [3.05, 3.63) is 54.1 Å². The van der Waals surface area contributed by atoms with Crippen LogP contribution < -0.4 is 14.8 Å². The number of nitrogens with one attached hydrogen (secondary N) is 1. The first kappa shape index (κ1) is 21.0. The molecule has 1 saturated heterocycles. The van der Waals surface area contributed by atoms with Crippen molar-refractivity contribution in [2.75, 3.05) is 32.2 Å². The number of benzene rings is 2. The van der Waals surface area contributed by atoms with Crippen LogP contribution in [0.1, 0.15) is 31.2 Å². The maximum absolute atomic E-state index is 12.6. The van der Waals surface area contributed by atoms with Gasteiger partial charge in [0.1, 0.15) is 0 Å². The van der Waals surface area contributed by atoms with Gasteiger partial charge in [-0.15, -0.1) is 0 Å². The standard InChI is InChI=1S/C24H29N3O4/c1-26(16-19-5-3-2-4-6-19)23(28)10-7-18-11-13-27(14-12-18)24(29)25-20-8-9-21-22(15-20)31-17-30-21/h2-6,8-9,15,18H,7,10-14,16-17H2,1H3,(H,25,29). The summed E-state index contributed by atoms with van der Waals surface area (Å²) in [4.78, 5) is 28.7. The largest absolute Gasteiger partial charge is 0.454 e. The van der Waals surface area contributed by atoms with Crippen molar-refractivity contribution < 1.29 is 19.1 Å². The zero-order chi connectivity index (χ0) is 21.6. The van der Waals surface area contributed by atoms with E-state index in [1.54, 1.807) is 17.0 Å². The lowest BCUT2D eigenvalue weighted by molar-refractivity contribution is -0.130. The fourth-order valence-electron chi connectivity index (χ4n) is 4.07. The van der Waals surface area contributed by atoms with Crippen molar-refractivity contribution in [1.29, 1.82) is 0 Å². The summed E-state index contributed by atoms with van der Waals surface area (Å²) in [6.07, 6.45) is 3.27. The van der Waals surface area contributed by atoms with E-state index in [0.29, 0.717) is 49.2 Å². The van der Waals surface area contributed by atoms with E-state index >= 15 is 0 Å². The predicted octanol–water partition coefficient (Wildman–Crippen LogP) is 4.10. The van der Waals surface area contributed by atoms with Gasteiger partial charge in [0.15, 0.2) is 11.5 Å². The van der Waals surface area contributed by atoms with Crippen LogP contribution in [0, 0.1) is 5.92 Å². The number of urea groups is 1. The Hall–Kier alpha value is -3.22. The maximum Gasteiger partial charge on any atom is 0.321 e. The Balaban J connectivity index is 1.18. The molecule has 0 atom stereocenters. The Bertz CT molecular complexity index is 910. The third-order valence-electron chi connectivity index (χ3n) is 5.98. The van der Waals surface area contributed by atoms with E-state index in [-0.39, 0.29) is 18.7 Å². The molecule has 0 radical (unpaired) electrons. The van der Waals surface area contributed by atoms with Gasteiger partial charge in [-0.2, -0.15) is 0 Å². The normalized spacial score (nSPS) is 15.6. The van der Waals surface area contributed by atoms with E-state index in [9.17, 15) is 9.59 Å². The average Bonchev–Trinajstić information content (AvgIpc) is 3.26. The molecule has 0 aromatic heterocycles. The smallest absolute Gasteiger partial charge is 0.321 e. The molecule has 7 nitrogen and oxygen atoms in total. The molecule has 3 amide bonds. The van der Waals surface area contributed by atoms with Crippen LogP contribution in [0.25, 0.3) is 0 Å². The number of likely N-dealkylation sites (tertiary alicyclic amines) is 1. The third kappa shape index (κ3) is 5.48. The molecule has 2 heterocycles. The van der Waals surface area contributed by atoms with E-state index in [4.69, 9.17) is 9.47 Å². The van der Waals surface area contributed by atoms with Crippen molar-refractivity contribution in [2.45, 2.75) is 32.2 Å². The van der Waals surface area contributed by atoms with E-state index < -0.39 is 0 Å². The zero-order valence-electron chi connectivity index (χ0n) is 17.9. The first-order valence-corrected chi connectivity index (χ1v) is 10.8. The van der Waals surface area contributed by atoms with Gasteiger partial charge in [0.05, 0.1) is 0 Å². The number of amides is 3. The number of anilines is 1. The first-order chi connectivity index (χ1) is 15.1. The lowest BCUT2D eigenvalue weighted by Gasteiger charge is -2.32. The van der Waals surface area contributed by atoms with E-state index in [2.05, 4.69) is 5.32 Å². The van der Waals surface area contributed by atoms with Crippen LogP contribution in [-0.4, -0.2) is 48.7 Å². The second-order valence-electron chi connectivity index (χ2n) is 8.20. The van der Waals surface area contributed by atoms with Crippen molar-refractivity contribution >= 4 is 17.6 Å². The SMILES string of the molecule is CN(Cc1ccccc1)C(=O)CCC1CCN(C(=O)Nc2ccc3c(c2)OCO3)CC1. The molecule has 2 aliphatic rings. The summed E-state index contributed by atoms with van der Waals surface area (Å²) >= 11 is 0. The number of piperidine rings is 1. The van der Waals surface area contributed by atoms with E-state index in [1.165, 1.54) is 0 Å². The van der Waals surface area contributed by atoms with Crippen molar-refractivity contribution in [1.82, 2.24) is 9.80 Å². The predicted molar refractivity (Wildman–Crippen MR) is 118 cm³/mol. The Kier molecular flexibility index (Phi) is 6.60. The number of hydrogen-bond acceptors (Lipinski definition) is 4. The third-order valence-corrected chi connectivity index (χ3v) is 5.98. The van der Waals surface area contributed by atoms with Crippen LogP contribution >= 0.6 is 0 Å².